The third-order valence-electron chi connectivity index (χ3n) is 4.22. The van der Waals surface area contributed by atoms with Crippen LogP contribution in [0.15, 0.2) is 42.5 Å². The second-order valence-corrected chi connectivity index (χ2v) is 6.04. The van der Waals surface area contributed by atoms with Crippen molar-refractivity contribution in [3.8, 4) is 11.5 Å². The zero-order valence-electron chi connectivity index (χ0n) is 16.0. The molecule has 0 aliphatic heterocycles. The Bertz CT molecular complexity index is 690. The number of benzene rings is 2. The number of carbonyl (C=O) groups is 1. The Morgan fingerprint density at radius 2 is 1.50 bits per heavy atom. The highest BCUT2D eigenvalue weighted by atomic mass is 16.5. The minimum absolute atomic E-state index is 0.0299. The Hall–Kier alpha value is -2.49. The Kier molecular flexibility index (Phi) is 8.00. The minimum Gasteiger partial charge on any atom is -0.490 e. The minimum atomic E-state index is 0.0299. The third-order valence-corrected chi connectivity index (χ3v) is 4.22. The first-order valence-electron chi connectivity index (χ1n) is 9.44. The molecule has 1 N–H and O–H groups in total. The monoisotopic (exact) mass is 355 g/mol. The van der Waals surface area contributed by atoms with Crippen LogP contribution in [0.3, 0.4) is 0 Å². The van der Waals surface area contributed by atoms with Crippen LogP contribution in [0.5, 0.6) is 11.5 Å². The molecule has 0 unspecified atom stereocenters. The fraction of sp³-hybridized carbons (Fsp3) is 0.409. The first kappa shape index (κ1) is 19.8. The second kappa shape index (κ2) is 10.5. The van der Waals surface area contributed by atoms with E-state index < -0.39 is 0 Å². The van der Waals surface area contributed by atoms with Crippen molar-refractivity contribution in [3.63, 3.8) is 0 Å². The molecule has 0 radical (unpaired) electrons. The molecule has 4 heteroatoms. The summed E-state index contributed by atoms with van der Waals surface area (Å²) in [6.45, 7) is 7.23. The van der Waals surface area contributed by atoms with Crippen molar-refractivity contribution in [2.24, 2.45) is 0 Å². The molecule has 140 valence electrons. The second-order valence-electron chi connectivity index (χ2n) is 6.04. The van der Waals surface area contributed by atoms with Crippen molar-refractivity contribution in [2.45, 2.75) is 46.5 Å². The summed E-state index contributed by atoms with van der Waals surface area (Å²) >= 11 is 0. The molecule has 26 heavy (non-hydrogen) atoms. The molecule has 2 aromatic rings. The standard InChI is InChI=1S/C22H29NO3/c1-4-17-11-9-12-18(5-2)22(17)23-21(24)15-10-16-26-20-14-8-7-13-19(20)25-6-3/h7-9,11-14H,4-6,10,15-16H2,1-3H3,(H,23,24). The average molecular weight is 355 g/mol. The van der Waals surface area contributed by atoms with Gasteiger partial charge in [-0.1, -0.05) is 44.2 Å². The van der Waals surface area contributed by atoms with Gasteiger partial charge in [-0.3, -0.25) is 4.79 Å². The summed E-state index contributed by atoms with van der Waals surface area (Å²) in [5.74, 6) is 1.49. The number of para-hydroxylation sites is 3. The summed E-state index contributed by atoms with van der Waals surface area (Å²) in [7, 11) is 0. The quantitative estimate of drug-likeness (QED) is 0.610. The van der Waals surface area contributed by atoms with Gasteiger partial charge >= 0.3 is 0 Å². The summed E-state index contributed by atoms with van der Waals surface area (Å²) < 4.78 is 11.3. The summed E-state index contributed by atoms with van der Waals surface area (Å²) in [5.41, 5.74) is 3.34. The normalized spacial score (nSPS) is 10.4. The number of ether oxygens (including phenoxy) is 2. The van der Waals surface area contributed by atoms with E-state index in [1.54, 1.807) is 0 Å². The average Bonchev–Trinajstić information content (AvgIpc) is 2.66. The molecule has 0 spiro atoms. The lowest BCUT2D eigenvalue weighted by molar-refractivity contribution is -0.116. The van der Waals surface area contributed by atoms with Crippen molar-refractivity contribution in [2.75, 3.05) is 18.5 Å². The Morgan fingerprint density at radius 1 is 0.885 bits per heavy atom. The van der Waals surface area contributed by atoms with E-state index >= 15 is 0 Å². The van der Waals surface area contributed by atoms with Crippen LogP contribution in [-0.4, -0.2) is 19.1 Å². The van der Waals surface area contributed by atoms with Gasteiger partial charge < -0.3 is 14.8 Å². The summed E-state index contributed by atoms with van der Waals surface area (Å²) in [6, 6.07) is 13.8. The lowest BCUT2D eigenvalue weighted by atomic mass is 10.0. The van der Waals surface area contributed by atoms with E-state index in [1.807, 2.05) is 31.2 Å². The Balaban J connectivity index is 1.85. The van der Waals surface area contributed by atoms with Crippen LogP contribution in [0.4, 0.5) is 5.69 Å². The van der Waals surface area contributed by atoms with Crippen LogP contribution in [-0.2, 0) is 17.6 Å². The molecule has 0 saturated heterocycles. The maximum atomic E-state index is 12.3. The number of carbonyl (C=O) groups excluding carboxylic acids is 1. The van der Waals surface area contributed by atoms with Gasteiger partial charge in [0.05, 0.1) is 13.2 Å². The summed E-state index contributed by atoms with van der Waals surface area (Å²) in [5, 5.41) is 3.09. The van der Waals surface area contributed by atoms with Crippen molar-refractivity contribution >= 4 is 11.6 Å². The molecule has 0 aliphatic carbocycles. The maximum absolute atomic E-state index is 12.3. The Morgan fingerprint density at radius 3 is 2.08 bits per heavy atom. The first-order chi connectivity index (χ1) is 12.7. The number of amides is 1. The van der Waals surface area contributed by atoms with Gasteiger partial charge in [0.15, 0.2) is 11.5 Å². The largest absolute Gasteiger partial charge is 0.490 e. The third kappa shape index (κ3) is 5.51. The number of hydrogen-bond acceptors (Lipinski definition) is 3. The SMILES string of the molecule is CCOc1ccccc1OCCCC(=O)Nc1c(CC)cccc1CC. The van der Waals surface area contributed by atoms with Crippen LogP contribution >= 0.6 is 0 Å². The number of hydrogen-bond donors (Lipinski definition) is 1. The molecule has 0 fully saturated rings. The molecule has 0 bridgehead atoms. The van der Waals surface area contributed by atoms with E-state index in [2.05, 4.69) is 37.4 Å². The van der Waals surface area contributed by atoms with Gasteiger partial charge in [-0.05, 0) is 49.4 Å². The molecule has 2 rings (SSSR count). The van der Waals surface area contributed by atoms with Crippen molar-refractivity contribution in [1.82, 2.24) is 0 Å². The fourth-order valence-electron chi connectivity index (χ4n) is 2.86. The molecule has 0 heterocycles. The van der Waals surface area contributed by atoms with E-state index in [0.29, 0.717) is 26.1 Å². The molecule has 0 aliphatic rings. The van der Waals surface area contributed by atoms with Crippen molar-refractivity contribution in [1.29, 1.82) is 0 Å². The van der Waals surface area contributed by atoms with Gasteiger partial charge in [0, 0.05) is 12.1 Å². The first-order valence-corrected chi connectivity index (χ1v) is 9.44. The zero-order chi connectivity index (χ0) is 18.8. The van der Waals surface area contributed by atoms with E-state index in [-0.39, 0.29) is 5.91 Å². The summed E-state index contributed by atoms with van der Waals surface area (Å²) in [6.07, 6.45) is 2.89. The predicted molar refractivity (Wildman–Crippen MR) is 106 cm³/mol. The van der Waals surface area contributed by atoms with Crippen LogP contribution in [0.1, 0.15) is 44.7 Å². The zero-order valence-corrected chi connectivity index (χ0v) is 16.0. The number of rotatable bonds is 10. The molecule has 2 aromatic carbocycles. The molecular formula is C22H29NO3. The van der Waals surface area contributed by atoms with Crippen molar-refractivity contribution < 1.29 is 14.3 Å². The van der Waals surface area contributed by atoms with Crippen LogP contribution in [0, 0.1) is 0 Å². The molecule has 0 saturated carbocycles. The lowest BCUT2D eigenvalue weighted by Gasteiger charge is -2.15. The fourth-order valence-corrected chi connectivity index (χ4v) is 2.86. The smallest absolute Gasteiger partial charge is 0.224 e. The number of aryl methyl sites for hydroxylation is 2. The van der Waals surface area contributed by atoms with Crippen LogP contribution in [0.2, 0.25) is 0 Å². The highest BCUT2D eigenvalue weighted by Crippen LogP contribution is 2.26. The Labute approximate surface area is 156 Å². The van der Waals surface area contributed by atoms with Gasteiger partial charge in [-0.15, -0.1) is 0 Å². The predicted octanol–water partition coefficient (Wildman–Crippen LogP) is 5.01. The van der Waals surface area contributed by atoms with Crippen LogP contribution < -0.4 is 14.8 Å². The van der Waals surface area contributed by atoms with Gasteiger partial charge in [-0.2, -0.15) is 0 Å². The van der Waals surface area contributed by atoms with Gasteiger partial charge in [0.2, 0.25) is 5.91 Å². The molecular weight excluding hydrogens is 326 g/mol. The molecule has 1 amide bonds. The van der Waals surface area contributed by atoms with Gasteiger partial charge in [-0.25, -0.2) is 0 Å². The molecule has 4 nitrogen and oxygen atoms in total. The van der Waals surface area contributed by atoms with Gasteiger partial charge in [0.1, 0.15) is 0 Å². The summed E-state index contributed by atoms with van der Waals surface area (Å²) in [4.78, 5) is 12.3. The lowest BCUT2D eigenvalue weighted by Crippen LogP contribution is -2.15. The molecule has 0 atom stereocenters. The van der Waals surface area contributed by atoms with E-state index in [9.17, 15) is 4.79 Å². The number of anilines is 1. The van der Waals surface area contributed by atoms with Crippen molar-refractivity contribution in [3.05, 3.63) is 53.6 Å². The van der Waals surface area contributed by atoms with E-state index in [1.165, 1.54) is 11.1 Å². The number of nitrogens with one attached hydrogen (secondary N) is 1. The van der Waals surface area contributed by atoms with Crippen LogP contribution in [0.25, 0.3) is 0 Å². The maximum Gasteiger partial charge on any atom is 0.224 e. The van der Waals surface area contributed by atoms with Gasteiger partial charge in [0.25, 0.3) is 0 Å². The molecule has 0 aromatic heterocycles. The highest BCUT2D eigenvalue weighted by molar-refractivity contribution is 5.92. The highest BCUT2D eigenvalue weighted by Gasteiger charge is 2.10. The van der Waals surface area contributed by atoms with E-state index in [4.69, 9.17) is 9.47 Å². The van der Waals surface area contributed by atoms with E-state index in [0.717, 1.165) is 30.0 Å². The topological polar surface area (TPSA) is 47.6 Å².